The molecule has 1 fully saturated rings. The molecular formula is C15H22N2O3. The van der Waals surface area contributed by atoms with Gasteiger partial charge in [0, 0.05) is 13.1 Å². The molecule has 0 aromatic heterocycles. The Morgan fingerprint density at radius 3 is 3.10 bits per heavy atom. The number of carboxylic acids is 1. The third kappa shape index (κ3) is 3.95. The molecule has 1 aliphatic heterocycles. The zero-order valence-corrected chi connectivity index (χ0v) is 11.8. The Kier molecular flexibility index (Phi) is 4.98. The van der Waals surface area contributed by atoms with Crippen LogP contribution in [0.5, 0.6) is 5.75 Å². The van der Waals surface area contributed by atoms with E-state index in [1.165, 1.54) is 5.56 Å². The monoisotopic (exact) mass is 278 g/mol. The standard InChI is InChI=1S/C15H22N2O3/c1-20-13-4-2-3-11(7-13)9-17-6-5-12(10-17)8-14(16)15(18)19/h2-4,7,12,14H,5-6,8-10,16H2,1H3,(H,18,19). The number of hydrogen-bond donors (Lipinski definition) is 2. The third-order valence-corrected chi connectivity index (χ3v) is 3.81. The summed E-state index contributed by atoms with van der Waals surface area (Å²) >= 11 is 0. The quantitative estimate of drug-likeness (QED) is 0.820. The van der Waals surface area contributed by atoms with Crippen LogP contribution in [0.1, 0.15) is 18.4 Å². The Morgan fingerprint density at radius 2 is 2.40 bits per heavy atom. The summed E-state index contributed by atoms with van der Waals surface area (Å²) in [5.74, 6) is 0.342. The summed E-state index contributed by atoms with van der Waals surface area (Å²) in [6, 6.07) is 7.30. The second kappa shape index (κ2) is 6.72. The molecule has 1 aromatic rings. The minimum atomic E-state index is -0.906. The second-order valence-electron chi connectivity index (χ2n) is 5.42. The lowest BCUT2D eigenvalue weighted by Crippen LogP contribution is -2.33. The maximum atomic E-state index is 10.8. The highest BCUT2D eigenvalue weighted by Gasteiger charge is 2.26. The van der Waals surface area contributed by atoms with Crippen molar-refractivity contribution in [1.82, 2.24) is 4.90 Å². The summed E-state index contributed by atoms with van der Waals surface area (Å²) in [6.45, 7) is 2.78. The SMILES string of the molecule is COc1cccc(CN2CCC(CC(N)C(=O)O)C2)c1. The molecular weight excluding hydrogens is 256 g/mol. The van der Waals surface area contributed by atoms with E-state index >= 15 is 0 Å². The number of likely N-dealkylation sites (tertiary alicyclic amines) is 1. The van der Waals surface area contributed by atoms with E-state index in [1.807, 2.05) is 18.2 Å². The van der Waals surface area contributed by atoms with Crippen LogP contribution in [-0.4, -0.2) is 42.2 Å². The van der Waals surface area contributed by atoms with E-state index in [4.69, 9.17) is 15.6 Å². The molecule has 110 valence electrons. The first-order chi connectivity index (χ1) is 9.58. The van der Waals surface area contributed by atoms with Gasteiger partial charge in [0.05, 0.1) is 7.11 Å². The van der Waals surface area contributed by atoms with Crippen LogP contribution in [0.15, 0.2) is 24.3 Å². The van der Waals surface area contributed by atoms with Crippen LogP contribution in [0.3, 0.4) is 0 Å². The lowest BCUT2D eigenvalue weighted by molar-refractivity contribution is -0.138. The highest BCUT2D eigenvalue weighted by molar-refractivity contribution is 5.73. The first kappa shape index (κ1) is 14.8. The van der Waals surface area contributed by atoms with Crippen molar-refractivity contribution in [2.45, 2.75) is 25.4 Å². The first-order valence-electron chi connectivity index (χ1n) is 6.92. The number of hydrogen-bond acceptors (Lipinski definition) is 4. The molecule has 0 aliphatic carbocycles. The first-order valence-corrected chi connectivity index (χ1v) is 6.92. The van der Waals surface area contributed by atoms with Crippen LogP contribution < -0.4 is 10.5 Å². The van der Waals surface area contributed by atoms with Crippen molar-refractivity contribution in [1.29, 1.82) is 0 Å². The number of carboxylic acid groups (broad SMARTS) is 1. The van der Waals surface area contributed by atoms with Gasteiger partial charge in [-0.1, -0.05) is 12.1 Å². The fraction of sp³-hybridized carbons (Fsp3) is 0.533. The highest BCUT2D eigenvalue weighted by Crippen LogP contribution is 2.23. The molecule has 20 heavy (non-hydrogen) atoms. The van der Waals surface area contributed by atoms with E-state index in [0.717, 1.165) is 31.8 Å². The Balaban J connectivity index is 1.85. The van der Waals surface area contributed by atoms with Gasteiger partial charge in [-0.2, -0.15) is 0 Å². The Bertz CT molecular complexity index is 464. The molecule has 0 spiro atoms. The zero-order valence-electron chi connectivity index (χ0n) is 11.8. The number of carbonyl (C=O) groups is 1. The molecule has 5 heteroatoms. The Labute approximate surface area is 119 Å². The number of nitrogens with two attached hydrogens (primary N) is 1. The zero-order chi connectivity index (χ0) is 14.5. The predicted octanol–water partition coefficient (Wildman–Crippen LogP) is 1.32. The summed E-state index contributed by atoms with van der Waals surface area (Å²) in [6.07, 6.45) is 1.58. The maximum Gasteiger partial charge on any atom is 0.320 e. The smallest absolute Gasteiger partial charge is 0.320 e. The summed E-state index contributed by atoms with van der Waals surface area (Å²) in [7, 11) is 1.66. The average Bonchev–Trinajstić information content (AvgIpc) is 2.86. The lowest BCUT2D eigenvalue weighted by atomic mass is 10.00. The molecule has 5 nitrogen and oxygen atoms in total. The minimum absolute atomic E-state index is 0.381. The minimum Gasteiger partial charge on any atom is -0.497 e. The van der Waals surface area contributed by atoms with Gasteiger partial charge in [0.2, 0.25) is 0 Å². The molecule has 2 rings (SSSR count). The van der Waals surface area contributed by atoms with Gasteiger partial charge in [-0.05, 0) is 43.0 Å². The van der Waals surface area contributed by atoms with Crippen LogP contribution in [0.2, 0.25) is 0 Å². The van der Waals surface area contributed by atoms with Crippen LogP contribution in [-0.2, 0) is 11.3 Å². The second-order valence-corrected chi connectivity index (χ2v) is 5.42. The van der Waals surface area contributed by atoms with Crippen LogP contribution >= 0.6 is 0 Å². The van der Waals surface area contributed by atoms with Gasteiger partial charge in [0.15, 0.2) is 0 Å². The fourth-order valence-electron chi connectivity index (χ4n) is 2.74. The summed E-state index contributed by atoms with van der Waals surface area (Å²) in [5.41, 5.74) is 6.81. The van der Waals surface area contributed by atoms with Crippen molar-refractivity contribution >= 4 is 5.97 Å². The van der Waals surface area contributed by atoms with Gasteiger partial charge in [-0.3, -0.25) is 9.69 Å². The van der Waals surface area contributed by atoms with Crippen LogP contribution in [0.4, 0.5) is 0 Å². The fourth-order valence-corrected chi connectivity index (χ4v) is 2.74. The normalized spacial score (nSPS) is 20.8. The summed E-state index contributed by atoms with van der Waals surface area (Å²) in [4.78, 5) is 13.1. The number of nitrogens with zero attached hydrogens (tertiary/aromatic N) is 1. The van der Waals surface area contributed by atoms with Gasteiger partial charge < -0.3 is 15.6 Å². The van der Waals surface area contributed by atoms with Gasteiger partial charge in [0.1, 0.15) is 11.8 Å². The van der Waals surface area contributed by atoms with E-state index in [-0.39, 0.29) is 0 Å². The van der Waals surface area contributed by atoms with Crippen molar-refractivity contribution in [3.8, 4) is 5.75 Å². The third-order valence-electron chi connectivity index (χ3n) is 3.81. The molecule has 1 aliphatic rings. The molecule has 3 N–H and O–H groups in total. The van der Waals surface area contributed by atoms with E-state index < -0.39 is 12.0 Å². The van der Waals surface area contributed by atoms with Gasteiger partial charge >= 0.3 is 5.97 Å². The molecule has 1 heterocycles. The Hall–Kier alpha value is -1.59. The van der Waals surface area contributed by atoms with Gasteiger partial charge in [-0.15, -0.1) is 0 Å². The number of ether oxygens (including phenoxy) is 1. The van der Waals surface area contributed by atoms with Crippen LogP contribution in [0.25, 0.3) is 0 Å². The average molecular weight is 278 g/mol. The summed E-state index contributed by atoms with van der Waals surface area (Å²) < 4.78 is 5.22. The van der Waals surface area contributed by atoms with E-state index in [0.29, 0.717) is 12.3 Å². The highest BCUT2D eigenvalue weighted by atomic mass is 16.5. The van der Waals surface area contributed by atoms with Gasteiger partial charge in [-0.25, -0.2) is 0 Å². The van der Waals surface area contributed by atoms with Crippen molar-refractivity contribution in [2.24, 2.45) is 11.7 Å². The topological polar surface area (TPSA) is 75.8 Å². The predicted molar refractivity (Wildman–Crippen MR) is 76.6 cm³/mol. The molecule has 1 aromatic carbocycles. The number of methoxy groups -OCH3 is 1. The molecule has 0 radical (unpaired) electrons. The molecule has 0 bridgehead atoms. The number of benzene rings is 1. The van der Waals surface area contributed by atoms with Crippen molar-refractivity contribution in [2.75, 3.05) is 20.2 Å². The van der Waals surface area contributed by atoms with Crippen molar-refractivity contribution in [3.63, 3.8) is 0 Å². The van der Waals surface area contributed by atoms with Gasteiger partial charge in [0.25, 0.3) is 0 Å². The molecule has 0 saturated carbocycles. The number of aliphatic carboxylic acids is 1. The molecule has 1 saturated heterocycles. The lowest BCUT2D eigenvalue weighted by Gasteiger charge is -2.17. The largest absolute Gasteiger partial charge is 0.497 e. The van der Waals surface area contributed by atoms with E-state index in [9.17, 15) is 4.79 Å². The summed E-state index contributed by atoms with van der Waals surface area (Å²) in [5, 5.41) is 8.85. The molecule has 0 amide bonds. The van der Waals surface area contributed by atoms with Crippen molar-refractivity contribution < 1.29 is 14.6 Å². The van der Waals surface area contributed by atoms with E-state index in [1.54, 1.807) is 7.11 Å². The Morgan fingerprint density at radius 1 is 1.60 bits per heavy atom. The van der Waals surface area contributed by atoms with E-state index in [2.05, 4.69) is 11.0 Å². The molecule has 2 unspecified atom stereocenters. The molecule has 2 atom stereocenters. The maximum absolute atomic E-state index is 10.8. The number of rotatable bonds is 6. The van der Waals surface area contributed by atoms with Crippen molar-refractivity contribution in [3.05, 3.63) is 29.8 Å². The van der Waals surface area contributed by atoms with Crippen LogP contribution in [0, 0.1) is 5.92 Å².